The highest BCUT2D eigenvalue weighted by Crippen LogP contribution is 2.22. The minimum Gasteiger partial charge on any atom is -0.497 e. The van der Waals surface area contributed by atoms with E-state index in [2.05, 4.69) is 15.3 Å². The first-order valence-electron chi connectivity index (χ1n) is 10.6. The summed E-state index contributed by atoms with van der Waals surface area (Å²) in [6.07, 6.45) is 0.400. The van der Waals surface area contributed by atoms with E-state index in [-0.39, 0.29) is 24.7 Å². The molecule has 0 unspecified atom stereocenters. The Balaban J connectivity index is 1.51. The average Bonchev–Trinajstić information content (AvgIpc) is 2.84. The molecule has 3 aromatic rings. The number of esters is 1. The monoisotopic (exact) mass is 448 g/mol. The Bertz CT molecular complexity index is 1240. The van der Waals surface area contributed by atoms with E-state index in [1.54, 1.807) is 55.3 Å². The van der Waals surface area contributed by atoms with Crippen molar-refractivity contribution in [2.24, 2.45) is 0 Å². The number of carbonyl (C=O) groups is 2. The van der Waals surface area contributed by atoms with Crippen LogP contribution in [0.2, 0.25) is 0 Å². The summed E-state index contributed by atoms with van der Waals surface area (Å²) in [5, 5.41) is 2.81. The lowest BCUT2D eigenvalue weighted by Gasteiger charge is -2.28. The van der Waals surface area contributed by atoms with Gasteiger partial charge in [0, 0.05) is 23.4 Å². The second-order valence-corrected chi connectivity index (χ2v) is 7.47. The van der Waals surface area contributed by atoms with Gasteiger partial charge in [0.2, 0.25) is 0 Å². The summed E-state index contributed by atoms with van der Waals surface area (Å²) >= 11 is 0. The number of carbonyl (C=O) groups excluding carboxylic acids is 2. The largest absolute Gasteiger partial charge is 0.497 e. The van der Waals surface area contributed by atoms with Crippen molar-refractivity contribution in [3.05, 3.63) is 75.7 Å². The first-order valence-corrected chi connectivity index (χ1v) is 10.6. The Hall–Kier alpha value is -4.14. The number of fused-ring (bicyclic) bond motifs is 1. The summed E-state index contributed by atoms with van der Waals surface area (Å²) in [5.74, 6) is 0.690. The Morgan fingerprint density at radius 2 is 1.97 bits per heavy atom. The summed E-state index contributed by atoms with van der Waals surface area (Å²) in [6.45, 7) is 2.58. The van der Waals surface area contributed by atoms with Crippen LogP contribution in [0.1, 0.15) is 28.5 Å². The van der Waals surface area contributed by atoms with Gasteiger partial charge < -0.3 is 24.7 Å². The van der Waals surface area contributed by atoms with Gasteiger partial charge in [0.25, 0.3) is 5.56 Å². The van der Waals surface area contributed by atoms with Crippen LogP contribution in [0.3, 0.4) is 0 Å². The van der Waals surface area contributed by atoms with E-state index in [1.165, 1.54) is 0 Å². The Kier molecular flexibility index (Phi) is 6.39. The molecule has 0 radical (unpaired) electrons. The molecule has 0 aliphatic carbocycles. The van der Waals surface area contributed by atoms with Gasteiger partial charge in [-0.05, 0) is 55.8 Å². The van der Waals surface area contributed by atoms with Crippen molar-refractivity contribution in [1.82, 2.24) is 14.9 Å². The fourth-order valence-corrected chi connectivity index (χ4v) is 3.64. The van der Waals surface area contributed by atoms with Crippen molar-refractivity contribution >= 4 is 17.7 Å². The lowest BCUT2D eigenvalue weighted by molar-refractivity contribution is 0.0526. The van der Waals surface area contributed by atoms with Crippen molar-refractivity contribution in [2.75, 3.05) is 25.6 Å². The van der Waals surface area contributed by atoms with Crippen molar-refractivity contribution < 1.29 is 19.1 Å². The number of nitrogens with one attached hydrogen (secondary N) is 2. The van der Waals surface area contributed by atoms with Crippen molar-refractivity contribution in [3.8, 4) is 17.1 Å². The van der Waals surface area contributed by atoms with Gasteiger partial charge in [-0.1, -0.05) is 6.07 Å². The minimum atomic E-state index is -0.449. The topological polar surface area (TPSA) is 114 Å². The molecule has 0 bridgehead atoms. The maximum atomic E-state index is 12.9. The number of H-pyrrole nitrogens is 1. The van der Waals surface area contributed by atoms with Crippen LogP contribution in [0.25, 0.3) is 11.4 Å². The molecule has 2 heterocycles. The molecule has 33 heavy (non-hydrogen) atoms. The number of ether oxygens (including phenoxy) is 2. The highest BCUT2D eigenvalue weighted by molar-refractivity contribution is 5.94. The Morgan fingerprint density at radius 1 is 1.18 bits per heavy atom. The lowest BCUT2D eigenvalue weighted by atomic mass is 10.1. The first-order chi connectivity index (χ1) is 16.0. The van der Waals surface area contributed by atoms with Crippen LogP contribution in [0.4, 0.5) is 10.5 Å². The van der Waals surface area contributed by atoms with Gasteiger partial charge in [-0.3, -0.25) is 4.79 Å². The molecule has 1 aliphatic rings. The van der Waals surface area contributed by atoms with E-state index in [4.69, 9.17) is 9.47 Å². The number of urea groups is 1. The molecular weight excluding hydrogens is 424 g/mol. The van der Waals surface area contributed by atoms with Crippen molar-refractivity contribution in [3.63, 3.8) is 0 Å². The number of aromatic amines is 1. The van der Waals surface area contributed by atoms with E-state index in [9.17, 15) is 14.4 Å². The van der Waals surface area contributed by atoms with E-state index in [0.29, 0.717) is 47.0 Å². The zero-order valence-corrected chi connectivity index (χ0v) is 18.4. The van der Waals surface area contributed by atoms with Crippen LogP contribution in [0.15, 0.2) is 53.3 Å². The Labute approximate surface area is 190 Å². The molecule has 0 spiro atoms. The van der Waals surface area contributed by atoms with Gasteiger partial charge in [-0.15, -0.1) is 0 Å². The van der Waals surface area contributed by atoms with E-state index < -0.39 is 5.97 Å². The van der Waals surface area contributed by atoms with Crippen molar-refractivity contribution in [2.45, 2.75) is 19.9 Å². The fourth-order valence-electron chi connectivity index (χ4n) is 3.64. The standard InChI is InChI=1S/C24H24N4O5/c1-3-33-23(30)16-5-4-6-17(13-16)25-24(31)28-12-11-19-20(14-28)26-21(27-22(19)29)15-7-9-18(32-2)10-8-15/h4-10,13H,3,11-12,14H2,1-2H3,(H,25,31)(H,26,27,29). The van der Waals surface area contributed by atoms with E-state index in [0.717, 1.165) is 5.56 Å². The second kappa shape index (κ2) is 9.56. The number of hydrogen-bond acceptors (Lipinski definition) is 6. The maximum Gasteiger partial charge on any atom is 0.338 e. The molecule has 2 amide bonds. The van der Waals surface area contributed by atoms with Gasteiger partial charge in [-0.2, -0.15) is 0 Å². The van der Waals surface area contributed by atoms with Crippen molar-refractivity contribution in [1.29, 1.82) is 0 Å². The first kappa shape index (κ1) is 22.1. The SMILES string of the molecule is CCOC(=O)c1cccc(NC(=O)N2CCc3c(nc(-c4ccc(OC)cc4)[nH]c3=O)C2)c1. The summed E-state index contributed by atoms with van der Waals surface area (Å²) in [4.78, 5) is 46.5. The third-order valence-electron chi connectivity index (χ3n) is 5.35. The Morgan fingerprint density at radius 3 is 2.70 bits per heavy atom. The number of benzene rings is 2. The molecule has 0 fully saturated rings. The third-order valence-corrected chi connectivity index (χ3v) is 5.35. The highest BCUT2D eigenvalue weighted by Gasteiger charge is 2.25. The molecule has 0 saturated heterocycles. The number of amides is 2. The quantitative estimate of drug-likeness (QED) is 0.580. The van der Waals surface area contributed by atoms with Crippen LogP contribution >= 0.6 is 0 Å². The lowest BCUT2D eigenvalue weighted by Crippen LogP contribution is -2.41. The van der Waals surface area contributed by atoms with Crippen LogP contribution in [-0.2, 0) is 17.7 Å². The molecule has 0 atom stereocenters. The number of rotatable bonds is 5. The predicted octanol–water partition coefficient (Wildman–Crippen LogP) is 3.21. The number of hydrogen-bond donors (Lipinski definition) is 2. The molecule has 1 aromatic heterocycles. The van der Waals surface area contributed by atoms with Gasteiger partial charge in [0.05, 0.1) is 31.5 Å². The van der Waals surface area contributed by atoms with Gasteiger partial charge in [-0.25, -0.2) is 14.6 Å². The number of methoxy groups -OCH3 is 1. The zero-order chi connectivity index (χ0) is 23.4. The minimum absolute atomic E-state index is 0.200. The fraction of sp³-hybridized carbons (Fsp3) is 0.250. The summed E-state index contributed by atoms with van der Waals surface area (Å²) in [7, 11) is 1.58. The highest BCUT2D eigenvalue weighted by atomic mass is 16.5. The normalized spacial score (nSPS) is 12.6. The number of aromatic nitrogens is 2. The number of nitrogens with zero attached hydrogens (tertiary/aromatic N) is 2. The molecule has 170 valence electrons. The zero-order valence-electron chi connectivity index (χ0n) is 18.4. The molecule has 2 aromatic carbocycles. The van der Waals surface area contributed by atoms with Gasteiger partial charge in [0.15, 0.2) is 0 Å². The maximum absolute atomic E-state index is 12.9. The van der Waals surface area contributed by atoms with Crippen LogP contribution in [0.5, 0.6) is 5.75 Å². The van der Waals surface area contributed by atoms with Crippen LogP contribution in [0, 0.1) is 0 Å². The number of anilines is 1. The molecule has 9 nitrogen and oxygen atoms in total. The smallest absolute Gasteiger partial charge is 0.338 e. The van der Waals surface area contributed by atoms with Crippen LogP contribution in [-0.4, -0.2) is 47.1 Å². The molecular formula is C24H24N4O5. The molecule has 0 saturated carbocycles. The second-order valence-electron chi connectivity index (χ2n) is 7.47. The summed E-state index contributed by atoms with van der Waals surface area (Å²) < 4.78 is 10.2. The molecule has 2 N–H and O–H groups in total. The average molecular weight is 448 g/mol. The van der Waals surface area contributed by atoms with Gasteiger partial charge >= 0.3 is 12.0 Å². The third kappa shape index (κ3) is 4.87. The molecule has 1 aliphatic heterocycles. The predicted molar refractivity (Wildman–Crippen MR) is 122 cm³/mol. The molecule has 9 heteroatoms. The van der Waals surface area contributed by atoms with Crippen LogP contribution < -0.4 is 15.6 Å². The molecule has 4 rings (SSSR count). The van der Waals surface area contributed by atoms with E-state index in [1.807, 2.05) is 12.1 Å². The summed E-state index contributed by atoms with van der Waals surface area (Å²) in [6, 6.07) is 13.4. The van der Waals surface area contributed by atoms with E-state index >= 15 is 0 Å². The van der Waals surface area contributed by atoms with Gasteiger partial charge in [0.1, 0.15) is 11.6 Å². The summed E-state index contributed by atoms with van der Waals surface area (Å²) in [5.41, 5.74) is 2.53.